The Kier molecular flexibility index (Phi) is 4.96. The number of rotatable bonds is 4. The van der Waals surface area contributed by atoms with Gasteiger partial charge in [0.2, 0.25) is 11.8 Å². The zero-order valence-electron chi connectivity index (χ0n) is 13.4. The molecule has 0 bridgehead atoms. The summed E-state index contributed by atoms with van der Waals surface area (Å²) in [6.45, 7) is 3.86. The van der Waals surface area contributed by atoms with Gasteiger partial charge in [-0.2, -0.15) is 0 Å². The zero-order valence-corrected chi connectivity index (χ0v) is 14.2. The van der Waals surface area contributed by atoms with Gasteiger partial charge in [0.05, 0.1) is 6.54 Å². The molecule has 0 aliphatic carbocycles. The Balaban J connectivity index is 1.58. The van der Waals surface area contributed by atoms with Gasteiger partial charge in [0.25, 0.3) is 0 Å². The molecule has 5 nitrogen and oxygen atoms in total. The molecule has 3 rings (SSSR count). The van der Waals surface area contributed by atoms with Gasteiger partial charge in [0.1, 0.15) is 0 Å². The highest BCUT2D eigenvalue weighted by atomic mass is 32.1. The van der Waals surface area contributed by atoms with Crippen LogP contribution in [0.3, 0.4) is 0 Å². The molecule has 1 aliphatic heterocycles. The van der Waals surface area contributed by atoms with Crippen LogP contribution in [0.15, 0.2) is 42.5 Å². The third kappa shape index (κ3) is 4.23. The average Bonchev–Trinajstić information content (AvgIpc) is 2.99. The topological polar surface area (TPSA) is 61.4 Å². The van der Waals surface area contributed by atoms with Crippen LogP contribution >= 0.6 is 11.3 Å². The Morgan fingerprint density at radius 2 is 2.04 bits per heavy atom. The highest BCUT2D eigenvalue weighted by molar-refractivity contribution is 7.12. The first-order valence-corrected chi connectivity index (χ1v) is 8.59. The molecule has 124 valence electrons. The van der Waals surface area contributed by atoms with E-state index in [-0.39, 0.29) is 11.8 Å². The number of aryl methyl sites for hydroxylation is 1. The maximum Gasteiger partial charge on any atom is 0.248 e. The molecule has 2 heterocycles. The quantitative estimate of drug-likeness (QED) is 0.841. The van der Waals surface area contributed by atoms with E-state index in [4.69, 9.17) is 0 Å². The molecule has 2 amide bonds. The standard InChI is InChI=1S/C18H19N3O2S/c1-13-2-7-16(24-13)8-9-17(22)20-14-3-5-15(6-4-14)21-11-10-19-18(23)12-21/h2-9H,10-12H2,1H3,(H,19,23)(H,20,22). The summed E-state index contributed by atoms with van der Waals surface area (Å²) in [5, 5.41) is 5.64. The fraction of sp³-hybridized carbons (Fsp3) is 0.222. The number of hydrogen-bond donors (Lipinski definition) is 2. The highest BCUT2D eigenvalue weighted by Crippen LogP contribution is 2.19. The minimum absolute atomic E-state index is 0.0348. The molecule has 0 saturated carbocycles. The van der Waals surface area contributed by atoms with Crippen LogP contribution in [-0.4, -0.2) is 31.4 Å². The number of amides is 2. The largest absolute Gasteiger partial charge is 0.360 e. The second-order valence-corrected chi connectivity index (χ2v) is 6.91. The van der Waals surface area contributed by atoms with Gasteiger partial charge in [-0.3, -0.25) is 9.59 Å². The lowest BCUT2D eigenvalue weighted by molar-refractivity contribution is -0.120. The summed E-state index contributed by atoms with van der Waals surface area (Å²) in [6.07, 6.45) is 3.35. The van der Waals surface area contributed by atoms with Crippen molar-refractivity contribution in [3.63, 3.8) is 0 Å². The third-order valence-electron chi connectivity index (χ3n) is 3.70. The predicted octanol–water partition coefficient (Wildman–Crippen LogP) is 2.64. The molecular weight excluding hydrogens is 322 g/mol. The van der Waals surface area contributed by atoms with E-state index in [1.807, 2.05) is 54.3 Å². The Morgan fingerprint density at radius 3 is 2.71 bits per heavy atom. The van der Waals surface area contributed by atoms with Gasteiger partial charge in [0, 0.05) is 40.3 Å². The molecule has 0 atom stereocenters. The van der Waals surface area contributed by atoms with E-state index in [1.54, 1.807) is 11.3 Å². The van der Waals surface area contributed by atoms with Gasteiger partial charge in [-0.15, -0.1) is 11.3 Å². The van der Waals surface area contributed by atoms with Crippen LogP contribution in [0.5, 0.6) is 0 Å². The average molecular weight is 341 g/mol. The number of carbonyl (C=O) groups excluding carboxylic acids is 2. The van der Waals surface area contributed by atoms with Gasteiger partial charge in [-0.25, -0.2) is 0 Å². The van der Waals surface area contributed by atoms with Crippen molar-refractivity contribution < 1.29 is 9.59 Å². The fourth-order valence-corrected chi connectivity index (χ4v) is 3.28. The van der Waals surface area contributed by atoms with Crippen LogP contribution in [0.25, 0.3) is 6.08 Å². The van der Waals surface area contributed by atoms with Gasteiger partial charge in [0.15, 0.2) is 0 Å². The minimum Gasteiger partial charge on any atom is -0.360 e. The molecule has 1 aliphatic rings. The third-order valence-corrected chi connectivity index (χ3v) is 4.66. The molecule has 1 fully saturated rings. The number of carbonyl (C=O) groups is 2. The first-order chi connectivity index (χ1) is 11.6. The van der Waals surface area contributed by atoms with Crippen LogP contribution in [0.2, 0.25) is 0 Å². The Bertz CT molecular complexity index is 765. The first-order valence-electron chi connectivity index (χ1n) is 7.77. The van der Waals surface area contributed by atoms with E-state index >= 15 is 0 Å². The van der Waals surface area contributed by atoms with Crippen molar-refractivity contribution in [1.82, 2.24) is 5.32 Å². The summed E-state index contributed by atoms with van der Waals surface area (Å²) >= 11 is 1.65. The maximum atomic E-state index is 12.0. The normalized spacial score (nSPS) is 14.7. The predicted molar refractivity (Wildman–Crippen MR) is 98.4 cm³/mol. The summed E-state index contributed by atoms with van der Waals surface area (Å²) < 4.78 is 0. The Labute approximate surface area is 145 Å². The minimum atomic E-state index is -0.161. The second-order valence-electron chi connectivity index (χ2n) is 5.59. The summed E-state index contributed by atoms with van der Waals surface area (Å²) in [4.78, 5) is 27.7. The SMILES string of the molecule is Cc1ccc(C=CC(=O)Nc2ccc(N3CCNC(=O)C3)cc2)s1. The van der Waals surface area contributed by atoms with E-state index in [2.05, 4.69) is 10.6 Å². The monoisotopic (exact) mass is 341 g/mol. The van der Waals surface area contributed by atoms with Gasteiger partial charge >= 0.3 is 0 Å². The number of nitrogens with zero attached hydrogens (tertiary/aromatic N) is 1. The van der Waals surface area contributed by atoms with E-state index in [0.717, 1.165) is 22.8 Å². The second kappa shape index (κ2) is 7.31. The van der Waals surface area contributed by atoms with Gasteiger partial charge < -0.3 is 15.5 Å². The summed E-state index contributed by atoms with van der Waals surface area (Å²) in [6, 6.07) is 11.6. The van der Waals surface area contributed by atoms with Crippen molar-refractivity contribution in [2.75, 3.05) is 29.9 Å². The summed E-state index contributed by atoms with van der Waals surface area (Å²) in [5.41, 5.74) is 1.71. The Hall–Kier alpha value is -2.60. The van der Waals surface area contributed by atoms with Crippen molar-refractivity contribution >= 4 is 40.6 Å². The van der Waals surface area contributed by atoms with Gasteiger partial charge in [-0.1, -0.05) is 0 Å². The molecule has 1 aromatic carbocycles. The van der Waals surface area contributed by atoms with Crippen LogP contribution in [0.4, 0.5) is 11.4 Å². The molecule has 0 radical (unpaired) electrons. The molecule has 1 aromatic heterocycles. The molecule has 0 unspecified atom stereocenters. The van der Waals surface area contributed by atoms with Crippen molar-refractivity contribution in [2.24, 2.45) is 0 Å². The van der Waals surface area contributed by atoms with Crippen molar-refractivity contribution in [3.05, 3.63) is 52.2 Å². The van der Waals surface area contributed by atoms with Crippen molar-refractivity contribution in [1.29, 1.82) is 0 Å². The molecule has 2 N–H and O–H groups in total. The number of piperazine rings is 1. The van der Waals surface area contributed by atoms with Crippen LogP contribution in [-0.2, 0) is 9.59 Å². The molecule has 0 spiro atoms. The van der Waals surface area contributed by atoms with E-state index in [1.165, 1.54) is 11.0 Å². The highest BCUT2D eigenvalue weighted by Gasteiger charge is 2.16. The fourth-order valence-electron chi connectivity index (χ4n) is 2.50. The Morgan fingerprint density at radius 1 is 1.25 bits per heavy atom. The molecular formula is C18H19N3O2S. The number of anilines is 2. The first kappa shape index (κ1) is 16.3. The lowest BCUT2D eigenvalue weighted by Crippen LogP contribution is -2.47. The number of nitrogens with one attached hydrogen (secondary N) is 2. The van der Waals surface area contributed by atoms with Crippen molar-refractivity contribution in [3.8, 4) is 0 Å². The van der Waals surface area contributed by atoms with Crippen LogP contribution < -0.4 is 15.5 Å². The van der Waals surface area contributed by atoms with Crippen LogP contribution in [0, 0.1) is 6.92 Å². The lowest BCUT2D eigenvalue weighted by atomic mass is 10.2. The van der Waals surface area contributed by atoms with E-state index in [0.29, 0.717) is 13.1 Å². The number of benzene rings is 1. The molecule has 24 heavy (non-hydrogen) atoms. The van der Waals surface area contributed by atoms with E-state index in [9.17, 15) is 9.59 Å². The molecule has 1 saturated heterocycles. The van der Waals surface area contributed by atoms with Crippen LogP contribution in [0.1, 0.15) is 9.75 Å². The molecule has 6 heteroatoms. The lowest BCUT2D eigenvalue weighted by Gasteiger charge is -2.28. The van der Waals surface area contributed by atoms with E-state index < -0.39 is 0 Å². The van der Waals surface area contributed by atoms with Crippen molar-refractivity contribution in [2.45, 2.75) is 6.92 Å². The smallest absolute Gasteiger partial charge is 0.248 e. The van der Waals surface area contributed by atoms with Gasteiger partial charge in [-0.05, 0) is 49.4 Å². The number of hydrogen-bond acceptors (Lipinski definition) is 4. The zero-order chi connectivity index (χ0) is 16.9. The summed E-state index contributed by atoms with van der Waals surface area (Å²) in [5.74, 6) is -0.126. The maximum absolute atomic E-state index is 12.0. The summed E-state index contributed by atoms with van der Waals surface area (Å²) in [7, 11) is 0. The molecule has 2 aromatic rings. The number of thiophene rings is 1.